The monoisotopic (exact) mass is 289 g/mol. The third-order valence-corrected chi connectivity index (χ3v) is 3.18. The van der Waals surface area contributed by atoms with E-state index in [-0.39, 0.29) is 13.2 Å². The summed E-state index contributed by atoms with van der Waals surface area (Å²) in [6.07, 6.45) is 0. The minimum atomic E-state index is -0.0196. The summed E-state index contributed by atoms with van der Waals surface area (Å²) in [4.78, 5) is 4.32. The first-order valence-electron chi connectivity index (χ1n) is 6.13. The molecule has 20 heavy (non-hydrogen) atoms. The summed E-state index contributed by atoms with van der Waals surface area (Å²) in [6.45, 7) is 0.182. The lowest BCUT2D eigenvalue weighted by molar-refractivity contribution is 0.267. The summed E-state index contributed by atoms with van der Waals surface area (Å²) < 4.78 is 11.1. The standard InChI is InChI=1S/C15H12ClNO3/c16-11-3-1-2-4-13(11)19-9-15-17-12-7-10(8-18)5-6-14(12)20-15/h1-7,18H,8-9H2. The number of aliphatic hydroxyl groups is 1. The van der Waals surface area contributed by atoms with Crippen molar-refractivity contribution in [2.24, 2.45) is 0 Å². The molecule has 0 unspecified atom stereocenters. The van der Waals surface area contributed by atoms with Gasteiger partial charge in [-0.2, -0.15) is 0 Å². The zero-order chi connectivity index (χ0) is 13.9. The van der Waals surface area contributed by atoms with Crippen LogP contribution in [0.4, 0.5) is 0 Å². The van der Waals surface area contributed by atoms with Crippen molar-refractivity contribution in [3.8, 4) is 5.75 Å². The molecular formula is C15H12ClNO3. The van der Waals surface area contributed by atoms with Crippen LogP contribution in [0.2, 0.25) is 5.02 Å². The van der Waals surface area contributed by atoms with Crippen LogP contribution in [0.25, 0.3) is 11.1 Å². The number of halogens is 1. The van der Waals surface area contributed by atoms with Gasteiger partial charge in [-0.3, -0.25) is 0 Å². The Morgan fingerprint density at radius 3 is 2.85 bits per heavy atom. The molecule has 0 radical (unpaired) electrons. The van der Waals surface area contributed by atoms with Gasteiger partial charge in [0, 0.05) is 0 Å². The highest BCUT2D eigenvalue weighted by Gasteiger charge is 2.08. The molecule has 4 nitrogen and oxygen atoms in total. The fourth-order valence-corrected chi connectivity index (χ4v) is 2.07. The predicted molar refractivity (Wildman–Crippen MR) is 75.7 cm³/mol. The number of aromatic nitrogens is 1. The summed E-state index contributed by atoms with van der Waals surface area (Å²) in [7, 11) is 0. The fourth-order valence-electron chi connectivity index (χ4n) is 1.88. The van der Waals surface area contributed by atoms with Crippen molar-refractivity contribution >= 4 is 22.7 Å². The molecule has 3 aromatic rings. The number of fused-ring (bicyclic) bond motifs is 1. The van der Waals surface area contributed by atoms with E-state index in [4.69, 9.17) is 25.9 Å². The van der Waals surface area contributed by atoms with Crippen LogP contribution in [-0.2, 0) is 13.2 Å². The van der Waals surface area contributed by atoms with Crippen LogP contribution in [0.1, 0.15) is 11.5 Å². The summed E-state index contributed by atoms with van der Waals surface area (Å²) in [5.74, 6) is 1.06. The lowest BCUT2D eigenvalue weighted by atomic mass is 10.2. The van der Waals surface area contributed by atoms with Gasteiger partial charge in [0.1, 0.15) is 11.3 Å². The van der Waals surface area contributed by atoms with E-state index >= 15 is 0 Å². The second-order valence-corrected chi connectivity index (χ2v) is 4.69. The van der Waals surface area contributed by atoms with Gasteiger partial charge in [-0.1, -0.05) is 29.8 Å². The zero-order valence-electron chi connectivity index (χ0n) is 10.5. The molecule has 0 atom stereocenters. The number of nitrogens with zero attached hydrogens (tertiary/aromatic N) is 1. The van der Waals surface area contributed by atoms with Crippen molar-refractivity contribution in [1.29, 1.82) is 0 Å². The number of oxazole rings is 1. The molecule has 0 bridgehead atoms. The Morgan fingerprint density at radius 1 is 1.20 bits per heavy atom. The Morgan fingerprint density at radius 2 is 2.05 bits per heavy atom. The molecule has 102 valence electrons. The number of para-hydroxylation sites is 1. The first-order valence-corrected chi connectivity index (χ1v) is 6.50. The SMILES string of the molecule is OCc1ccc2oc(COc3ccccc3Cl)nc2c1. The minimum Gasteiger partial charge on any atom is -0.482 e. The van der Waals surface area contributed by atoms with Gasteiger partial charge in [0.05, 0.1) is 11.6 Å². The first-order chi connectivity index (χ1) is 9.76. The maximum Gasteiger partial charge on any atom is 0.233 e. The molecule has 0 saturated carbocycles. The smallest absolute Gasteiger partial charge is 0.233 e. The summed E-state index contributed by atoms with van der Waals surface area (Å²) in [5, 5.41) is 9.64. The Balaban J connectivity index is 1.79. The second-order valence-electron chi connectivity index (χ2n) is 4.29. The van der Waals surface area contributed by atoms with Crippen molar-refractivity contribution in [1.82, 2.24) is 4.98 Å². The first kappa shape index (κ1) is 13.0. The molecule has 1 heterocycles. The van der Waals surface area contributed by atoms with Crippen LogP contribution >= 0.6 is 11.6 Å². The van der Waals surface area contributed by atoms with E-state index in [1.54, 1.807) is 30.3 Å². The number of hydrogen-bond acceptors (Lipinski definition) is 4. The molecule has 0 aliphatic carbocycles. The Kier molecular flexibility index (Phi) is 3.58. The molecular weight excluding hydrogens is 278 g/mol. The van der Waals surface area contributed by atoms with E-state index in [2.05, 4.69) is 4.98 Å². The molecule has 0 amide bonds. The predicted octanol–water partition coefficient (Wildman–Crippen LogP) is 3.55. The topological polar surface area (TPSA) is 55.5 Å². The molecule has 3 rings (SSSR count). The normalized spacial score (nSPS) is 10.9. The third-order valence-electron chi connectivity index (χ3n) is 2.87. The van der Waals surface area contributed by atoms with Gasteiger partial charge >= 0.3 is 0 Å². The molecule has 0 aliphatic rings. The maximum absolute atomic E-state index is 9.09. The van der Waals surface area contributed by atoms with Crippen LogP contribution in [0.15, 0.2) is 46.9 Å². The quantitative estimate of drug-likeness (QED) is 0.798. The van der Waals surface area contributed by atoms with Crippen LogP contribution in [0, 0.1) is 0 Å². The highest BCUT2D eigenvalue weighted by molar-refractivity contribution is 6.32. The van der Waals surface area contributed by atoms with E-state index in [1.165, 1.54) is 0 Å². The van der Waals surface area contributed by atoms with Gasteiger partial charge in [-0.05, 0) is 29.8 Å². The molecule has 0 fully saturated rings. The number of hydrogen-bond donors (Lipinski definition) is 1. The highest BCUT2D eigenvalue weighted by atomic mass is 35.5. The third kappa shape index (κ3) is 2.61. The molecule has 5 heteroatoms. The molecule has 0 aliphatic heterocycles. The average molecular weight is 290 g/mol. The number of rotatable bonds is 4. The van der Waals surface area contributed by atoms with Crippen LogP contribution < -0.4 is 4.74 Å². The Bertz CT molecular complexity index is 739. The van der Waals surface area contributed by atoms with Gasteiger partial charge in [0.25, 0.3) is 0 Å². The van der Waals surface area contributed by atoms with E-state index in [9.17, 15) is 0 Å². The summed E-state index contributed by atoms with van der Waals surface area (Å²) in [5.41, 5.74) is 2.17. The van der Waals surface area contributed by atoms with Gasteiger partial charge in [-0.15, -0.1) is 0 Å². The molecule has 1 N–H and O–H groups in total. The van der Waals surface area contributed by atoms with Crippen molar-refractivity contribution < 1.29 is 14.3 Å². The van der Waals surface area contributed by atoms with E-state index in [1.807, 2.05) is 12.1 Å². The van der Waals surface area contributed by atoms with Crippen molar-refractivity contribution in [3.63, 3.8) is 0 Å². The number of benzene rings is 2. The molecule has 2 aromatic carbocycles. The van der Waals surface area contributed by atoms with Crippen molar-refractivity contribution in [3.05, 3.63) is 58.9 Å². The minimum absolute atomic E-state index is 0.0196. The Labute approximate surface area is 120 Å². The van der Waals surface area contributed by atoms with Crippen LogP contribution in [0.3, 0.4) is 0 Å². The average Bonchev–Trinajstić information content (AvgIpc) is 2.88. The van der Waals surface area contributed by atoms with Crippen LogP contribution in [0.5, 0.6) is 5.75 Å². The van der Waals surface area contributed by atoms with E-state index < -0.39 is 0 Å². The largest absolute Gasteiger partial charge is 0.482 e. The van der Waals surface area contributed by atoms with Gasteiger partial charge in [-0.25, -0.2) is 4.98 Å². The summed E-state index contributed by atoms with van der Waals surface area (Å²) >= 11 is 6.00. The number of aliphatic hydroxyl groups excluding tert-OH is 1. The lowest BCUT2D eigenvalue weighted by Crippen LogP contribution is -1.95. The Hall–Kier alpha value is -2.04. The highest BCUT2D eigenvalue weighted by Crippen LogP contribution is 2.25. The second kappa shape index (κ2) is 5.53. The zero-order valence-corrected chi connectivity index (χ0v) is 11.3. The van der Waals surface area contributed by atoms with Gasteiger partial charge in [0.15, 0.2) is 12.2 Å². The van der Waals surface area contributed by atoms with Crippen LogP contribution in [-0.4, -0.2) is 10.1 Å². The van der Waals surface area contributed by atoms with Crippen molar-refractivity contribution in [2.75, 3.05) is 0 Å². The van der Waals surface area contributed by atoms with Gasteiger partial charge < -0.3 is 14.3 Å². The molecule has 1 aromatic heterocycles. The van der Waals surface area contributed by atoms with Gasteiger partial charge in [0.2, 0.25) is 5.89 Å². The molecule has 0 spiro atoms. The van der Waals surface area contributed by atoms with Crippen molar-refractivity contribution in [2.45, 2.75) is 13.2 Å². The maximum atomic E-state index is 9.09. The molecule has 0 saturated heterocycles. The fraction of sp³-hybridized carbons (Fsp3) is 0.133. The van der Waals surface area contributed by atoms with E-state index in [0.717, 1.165) is 5.56 Å². The number of ether oxygens (including phenoxy) is 1. The van der Waals surface area contributed by atoms with E-state index in [0.29, 0.717) is 27.8 Å². The lowest BCUT2D eigenvalue weighted by Gasteiger charge is -2.04. The summed E-state index contributed by atoms with van der Waals surface area (Å²) in [6, 6.07) is 12.6.